The van der Waals surface area contributed by atoms with Crippen molar-refractivity contribution in [1.82, 2.24) is 14.9 Å². The zero-order valence-electron chi connectivity index (χ0n) is 17.9. The van der Waals surface area contributed by atoms with Crippen molar-refractivity contribution in [1.29, 1.82) is 0 Å². The number of fused-ring (bicyclic) bond motifs is 1. The number of hydrogen-bond acceptors (Lipinski definition) is 5. The number of nitrogens with zero attached hydrogens (tertiary/aromatic N) is 1. The van der Waals surface area contributed by atoms with Crippen molar-refractivity contribution in [3.8, 4) is 11.5 Å². The third-order valence-corrected chi connectivity index (χ3v) is 7.32. The fraction of sp³-hybridized carbons (Fsp3) is 0.318. The van der Waals surface area contributed by atoms with Crippen molar-refractivity contribution in [2.75, 3.05) is 33.9 Å². The lowest BCUT2D eigenvalue weighted by molar-refractivity contribution is 0.291. The molecule has 0 aromatic heterocycles. The van der Waals surface area contributed by atoms with Gasteiger partial charge >= 0.3 is 0 Å². The average molecular weight is 496 g/mol. The van der Waals surface area contributed by atoms with Crippen LogP contribution in [0.3, 0.4) is 0 Å². The van der Waals surface area contributed by atoms with E-state index >= 15 is 0 Å². The lowest BCUT2D eigenvalue weighted by Gasteiger charge is -2.39. The van der Waals surface area contributed by atoms with Crippen molar-refractivity contribution in [3.63, 3.8) is 0 Å². The Kier molecular flexibility index (Phi) is 8.00. The van der Waals surface area contributed by atoms with Crippen LogP contribution in [0.25, 0.3) is 0 Å². The third kappa shape index (κ3) is 5.35. The quantitative estimate of drug-likeness (QED) is 0.429. The Hall–Kier alpha value is -2.33. The Bertz CT molecular complexity index is 1090. The molecule has 2 aromatic rings. The first-order valence-corrected chi connectivity index (χ1v) is 12.2. The van der Waals surface area contributed by atoms with E-state index in [1.165, 1.54) is 12.1 Å². The summed E-state index contributed by atoms with van der Waals surface area (Å²) < 4.78 is 39.4. The number of rotatable bonds is 8. The smallest absolute Gasteiger partial charge is 0.240 e. The highest BCUT2D eigenvalue weighted by Crippen LogP contribution is 2.38. The van der Waals surface area contributed by atoms with E-state index in [1.54, 1.807) is 32.4 Å². The van der Waals surface area contributed by atoms with Crippen LogP contribution < -0.4 is 19.5 Å². The van der Waals surface area contributed by atoms with Crippen molar-refractivity contribution >= 4 is 39.0 Å². The van der Waals surface area contributed by atoms with Gasteiger partial charge in [-0.3, -0.25) is 0 Å². The lowest BCUT2D eigenvalue weighted by atomic mass is 9.92. The van der Waals surface area contributed by atoms with Gasteiger partial charge in [-0.1, -0.05) is 17.7 Å². The van der Waals surface area contributed by atoms with Gasteiger partial charge in [-0.25, -0.2) is 13.1 Å². The van der Waals surface area contributed by atoms with Gasteiger partial charge in [0.15, 0.2) is 16.6 Å². The van der Waals surface area contributed by atoms with Gasteiger partial charge in [0.2, 0.25) is 10.0 Å². The largest absolute Gasteiger partial charge is 0.493 e. The van der Waals surface area contributed by atoms with Gasteiger partial charge < -0.3 is 19.7 Å². The van der Waals surface area contributed by atoms with Crippen LogP contribution in [-0.4, -0.2) is 52.3 Å². The van der Waals surface area contributed by atoms with E-state index in [0.717, 1.165) is 17.5 Å². The van der Waals surface area contributed by atoms with Crippen LogP contribution in [-0.2, 0) is 16.4 Å². The van der Waals surface area contributed by atoms with E-state index in [4.69, 9.17) is 33.3 Å². The number of benzene rings is 2. The van der Waals surface area contributed by atoms with Gasteiger partial charge in [0, 0.05) is 24.7 Å². The topological polar surface area (TPSA) is 79.9 Å². The predicted octanol–water partition coefficient (Wildman–Crippen LogP) is 3.30. The molecule has 1 aliphatic rings. The SMILES string of the molecule is C=CCNC(=S)N1CCc2cc(OC)c(OC)cc2C1CNS(=O)(=O)c1ccc(Cl)cc1. The van der Waals surface area contributed by atoms with E-state index in [9.17, 15) is 8.42 Å². The number of hydrogen-bond donors (Lipinski definition) is 2. The van der Waals surface area contributed by atoms with Crippen molar-refractivity contribution < 1.29 is 17.9 Å². The first-order valence-electron chi connectivity index (χ1n) is 9.96. The summed E-state index contributed by atoms with van der Waals surface area (Å²) in [6.45, 7) is 4.96. The summed E-state index contributed by atoms with van der Waals surface area (Å²) in [5.74, 6) is 1.20. The normalized spacial score (nSPS) is 15.6. The molecule has 0 amide bonds. The van der Waals surface area contributed by atoms with Gasteiger partial charge in [0.25, 0.3) is 0 Å². The molecule has 0 fully saturated rings. The molecular weight excluding hydrogens is 470 g/mol. The number of methoxy groups -OCH3 is 2. The summed E-state index contributed by atoms with van der Waals surface area (Å²) in [6, 6.07) is 9.52. The molecule has 0 radical (unpaired) electrons. The summed E-state index contributed by atoms with van der Waals surface area (Å²) in [4.78, 5) is 2.13. The molecule has 0 spiro atoms. The second-order valence-electron chi connectivity index (χ2n) is 7.15. The van der Waals surface area contributed by atoms with E-state index < -0.39 is 10.0 Å². The van der Waals surface area contributed by atoms with E-state index in [1.807, 2.05) is 17.0 Å². The van der Waals surface area contributed by atoms with Crippen LogP contribution in [0.5, 0.6) is 11.5 Å². The van der Waals surface area contributed by atoms with Gasteiger partial charge in [-0.05, 0) is 66.2 Å². The Morgan fingerprint density at radius 1 is 1.25 bits per heavy atom. The highest BCUT2D eigenvalue weighted by molar-refractivity contribution is 7.89. The molecule has 0 bridgehead atoms. The Morgan fingerprint density at radius 2 is 1.91 bits per heavy atom. The van der Waals surface area contributed by atoms with Gasteiger partial charge in [-0.15, -0.1) is 6.58 Å². The molecule has 3 rings (SSSR count). The minimum Gasteiger partial charge on any atom is -0.493 e. The van der Waals surface area contributed by atoms with Gasteiger partial charge in [-0.2, -0.15) is 0 Å². The third-order valence-electron chi connectivity index (χ3n) is 5.25. The molecule has 2 aromatic carbocycles. The summed E-state index contributed by atoms with van der Waals surface area (Å²) in [6.07, 6.45) is 2.45. The first kappa shape index (κ1) is 24.3. The maximum absolute atomic E-state index is 12.9. The molecule has 1 unspecified atom stereocenters. The molecule has 172 valence electrons. The van der Waals surface area contributed by atoms with Crippen LogP contribution in [0.4, 0.5) is 0 Å². The summed E-state index contributed by atoms with van der Waals surface area (Å²) in [7, 11) is -0.587. The Labute approximate surface area is 199 Å². The molecule has 0 saturated heterocycles. The van der Waals surface area contributed by atoms with Crippen LogP contribution in [0.15, 0.2) is 53.9 Å². The maximum Gasteiger partial charge on any atom is 0.240 e. The minimum absolute atomic E-state index is 0.114. The van der Waals surface area contributed by atoms with Crippen molar-refractivity contribution in [3.05, 3.63) is 65.2 Å². The molecule has 2 N–H and O–H groups in total. The summed E-state index contributed by atoms with van der Waals surface area (Å²) in [5, 5.41) is 4.14. The fourth-order valence-electron chi connectivity index (χ4n) is 3.64. The van der Waals surface area contributed by atoms with Gasteiger partial charge in [0.05, 0.1) is 25.2 Å². The lowest BCUT2D eigenvalue weighted by Crippen LogP contribution is -2.49. The molecule has 1 heterocycles. The zero-order valence-corrected chi connectivity index (χ0v) is 20.3. The average Bonchev–Trinajstić information content (AvgIpc) is 2.80. The highest BCUT2D eigenvalue weighted by atomic mass is 35.5. The summed E-state index contributed by atoms with van der Waals surface area (Å²) >= 11 is 11.5. The number of thiocarbonyl (C=S) groups is 1. The maximum atomic E-state index is 12.9. The molecule has 1 aliphatic heterocycles. The molecule has 0 aliphatic carbocycles. The second kappa shape index (κ2) is 10.5. The monoisotopic (exact) mass is 495 g/mol. The molecule has 0 saturated carbocycles. The molecule has 1 atom stereocenters. The zero-order chi connectivity index (χ0) is 23.3. The Morgan fingerprint density at radius 3 is 2.53 bits per heavy atom. The van der Waals surface area contributed by atoms with E-state index in [0.29, 0.717) is 34.7 Å². The van der Waals surface area contributed by atoms with Crippen LogP contribution >= 0.6 is 23.8 Å². The first-order chi connectivity index (χ1) is 15.3. The number of nitrogens with one attached hydrogen (secondary N) is 2. The molecule has 7 nitrogen and oxygen atoms in total. The second-order valence-corrected chi connectivity index (χ2v) is 9.74. The minimum atomic E-state index is -3.74. The van der Waals surface area contributed by atoms with Gasteiger partial charge in [0.1, 0.15) is 0 Å². The predicted molar refractivity (Wildman–Crippen MR) is 130 cm³/mol. The number of sulfonamides is 1. The number of halogens is 1. The fourth-order valence-corrected chi connectivity index (χ4v) is 5.10. The molecule has 10 heteroatoms. The molecular formula is C22H26ClN3O4S2. The standard InChI is InChI=1S/C22H26ClN3O4S2/c1-4-10-24-22(31)26-11-9-15-12-20(29-2)21(30-3)13-18(15)19(26)14-25-32(27,28)17-7-5-16(23)6-8-17/h4-8,12-13,19,25H,1,9-11,14H2,2-3H3,(H,24,31). The number of ether oxygens (including phenoxy) is 2. The van der Waals surface area contributed by atoms with E-state index in [2.05, 4.69) is 16.6 Å². The van der Waals surface area contributed by atoms with Crippen molar-refractivity contribution in [2.24, 2.45) is 0 Å². The summed E-state index contributed by atoms with van der Waals surface area (Å²) in [5.41, 5.74) is 1.98. The van der Waals surface area contributed by atoms with E-state index in [-0.39, 0.29) is 17.5 Å². The van der Waals surface area contributed by atoms with Crippen LogP contribution in [0.2, 0.25) is 5.02 Å². The Balaban J connectivity index is 1.94. The van der Waals surface area contributed by atoms with Crippen LogP contribution in [0, 0.1) is 0 Å². The van der Waals surface area contributed by atoms with Crippen molar-refractivity contribution in [2.45, 2.75) is 17.4 Å². The molecule has 32 heavy (non-hydrogen) atoms. The highest BCUT2D eigenvalue weighted by Gasteiger charge is 2.31. The van der Waals surface area contributed by atoms with Crippen LogP contribution in [0.1, 0.15) is 17.2 Å².